The highest BCUT2D eigenvalue weighted by Gasteiger charge is 2.19. The van der Waals surface area contributed by atoms with Gasteiger partial charge in [0.15, 0.2) is 0 Å². The highest BCUT2D eigenvalue weighted by Crippen LogP contribution is 2.17. The molecule has 132 valence electrons. The second kappa shape index (κ2) is 6.97. The Morgan fingerprint density at radius 3 is 2.15 bits per heavy atom. The number of fused-ring (bicyclic) bond motifs is 1. The Bertz CT molecular complexity index is 1090. The largest absolute Gasteiger partial charge is 0.326 e. The number of hydrogen-bond acceptors (Lipinski definition) is 4. The molecule has 0 saturated carbocycles. The first kappa shape index (κ1) is 17.6. The first-order valence-electron chi connectivity index (χ1n) is 7.79. The van der Waals surface area contributed by atoms with E-state index in [0.29, 0.717) is 5.69 Å². The molecule has 0 aliphatic carbocycles. The molecule has 6 nitrogen and oxygen atoms in total. The molecule has 0 atom stereocenters. The molecule has 0 aliphatic rings. The Hall–Kier alpha value is -3.19. The van der Waals surface area contributed by atoms with Crippen molar-refractivity contribution in [3.05, 3.63) is 72.3 Å². The lowest BCUT2D eigenvalue weighted by Crippen LogP contribution is -2.30. The lowest BCUT2D eigenvalue weighted by atomic mass is 10.1. The lowest BCUT2D eigenvalue weighted by Gasteiger charge is -2.09. The van der Waals surface area contributed by atoms with Crippen LogP contribution in [0.5, 0.6) is 0 Å². The molecule has 0 unspecified atom stereocenters. The van der Waals surface area contributed by atoms with E-state index in [0.717, 1.165) is 10.8 Å². The zero-order valence-corrected chi connectivity index (χ0v) is 14.7. The molecule has 2 N–H and O–H groups in total. The summed E-state index contributed by atoms with van der Waals surface area (Å²) in [6.45, 7) is 1.36. The van der Waals surface area contributed by atoms with Gasteiger partial charge in [-0.3, -0.25) is 9.59 Å². The molecule has 7 heteroatoms. The normalized spacial score (nSPS) is 11.1. The standard InChI is InChI=1S/C19H16N2O4S/c1-13(22)20-17-8-10-18(11-9-17)26(24,25)21-19(23)16-7-6-14-4-2-3-5-15(14)12-16/h2-12H,1H3,(H,20,22)(H,21,23). The van der Waals surface area contributed by atoms with Gasteiger partial charge in [0.2, 0.25) is 5.91 Å². The minimum atomic E-state index is -4.02. The number of hydrogen-bond donors (Lipinski definition) is 2. The summed E-state index contributed by atoms with van der Waals surface area (Å²) >= 11 is 0. The van der Waals surface area contributed by atoms with Crippen LogP contribution in [0.2, 0.25) is 0 Å². The van der Waals surface area contributed by atoms with Crippen LogP contribution in [0.15, 0.2) is 71.6 Å². The maximum absolute atomic E-state index is 12.4. The van der Waals surface area contributed by atoms with E-state index >= 15 is 0 Å². The summed E-state index contributed by atoms with van der Waals surface area (Å²) in [5, 5.41) is 4.35. The summed E-state index contributed by atoms with van der Waals surface area (Å²) in [4.78, 5) is 23.3. The second-order valence-corrected chi connectivity index (χ2v) is 7.38. The predicted octanol–water partition coefficient (Wildman–Crippen LogP) is 2.92. The Balaban J connectivity index is 1.81. The number of carbonyl (C=O) groups excluding carboxylic acids is 2. The van der Waals surface area contributed by atoms with E-state index in [4.69, 9.17) is 0 Å². The van der Waals surface area contributed by atoms with Crippen LogP contribution in [0, 0.1) is 0 Å². The molecule has 0 fully saturated rings. The van der Waals surface area contributed by atoms with Crippen molar-refractivity contribution in [1.82, 2.24) is 4.72 Å². The number of carbonyl (C=O) groups is 2. The van der Waals surface area contributed by atoms with E-state index in [1.807, 2.05) is 24.3 Å². The summed E-state index contributed by atoms with van der Waals surface area (Å²) in [7, 11) is -4.02. The molecule has 0 heterocycles. The van der Waals surface area contributed by atoms with E-state index in [1.165, 1.54) is 31.2 Å². The molecule has 0 bridgehead atoms. The monoisotopic (exact) mass is 368 g/mol. The molecule has 3 rings (SSSR count). The van der Waals surface area contributed by atoms with Crippen molar-refractivity contribution in [3.8, 4) is 0 Å². The molecule has 0 spiro atoms. The third kappa shape index (κ3) is 3.89. The lowest BCUT2D eigenvalue weighted by molar-refractivity contribution is -0.114. The maximum Gasteiger partial charge on any atom is 0.265 e. The van der Waals surface area contributed by atoms with Crippen molar-refractivity contribution in [2.45, 2.75) is 11.8 Å². The van der Waals surface area contributed by atoms with Gasteiger partial charge in [0.25, 0.3) is 15.9 Å². The first-order chi connectivity index (χ1) is 12.3. The molecule has 3 aromatic carbocycles. The topological polar surface area (TPSA) is 92.3 Å². The highest BCUT2D eigenvalue weighted by atomic mass is 32.2. The van der Waals surface area contributed by atoms with Gasteiger partial charge < -0.3 is 5.32 Å². The van der Waals surface area contributed by atoms with Gasteiger partial charge in [0.05, 0.1) is 4.90 Å². The number of sulfonamides is 1. The van der Waals surface area contributed by atoms with Crippen LogP contribution in [-0.2, 0) is 14.8 Å². The minimum Gasteiger partial charge on any atom is -0.326 e. The number of benzene rings is 3. The molecular formula is C19H16N2O4S. The maximum atomic E-state index is 12.4. The molecule has 0 aromatic heterocycles. The fraction of sp³-hybridized carbons (Fsp3) is 0.0526. The average Bonchev–Trinajstić information content (AvgIpc) is 2.61. The van der Waals surface area contributed by atoms with Crippen molar-refractivity contribution in [3.63, 3.8) is 0 Å². The number of anilines is 1. The molecule has 0 radical (unpaired) electrons. The molecule has 2 amide bonds. The Morgan fingerprint density at radius 2 is 1.50 bits per heavy atom. The van der Waals surface area contributed by atoms with E-state index in [1.54, 1.807) is 18.2 Å². The van der Waals surface area contributed by atoms with Crippen LogP contribution >= 0.6 is 0 Å². The van der Waals surface area contributed by atoms with Crippen LogP contribution in [0.25, 0.3) is 10.8 Å². The Kier molecular flexibility index (Phi) is 4.73. The van der Waals surface area contributed by atoms with Gasteiger partial charge in [-0.05, 0) is 47.2 Å². The second-order valence-electron chi connectivity index (χ2n) is 5.70. The summed E-state index contributed by atoms with van der Waals surface area (Å²) < 4.78 is 26.8. The minimum absolute atomic E-state index is 0.0688. The van der Waals surface area contributed by atoms with E-state index in [9.17, 15) is 18.0 Å². The van der Waals surface area contributed by atoms with Gasteiger partial charge in [-0.15, -0.1) is 0 Å². The van der Waals surface area contributed by atoms with Crippen LogP contribution in [0.1, 0.15) is 17.3 Å². The van der Waals surface area contributed by atoms with Crippen molar-refractivity contribution >= 4 is 38.3 Å². The predicted molar refractivity (Wildman–Crippen MR) is 99.3 cm³/mol. The molecule has 26 heavy (non-hydrogen) atoms. The van der Waals surface area contributed by atoms with Gasteiger partial charge in [-0.1, -0.05) is 30.3 Å². The van der Waals surface area contributed by atoms with Gasteiger partial charge in [-0.25, -0.2) is 13.1 Å². The quantitative estimate of drug-likeness (QED) is 0.741. The van der Waals surface area contributed by atoms with Gasteiger partial charge >= 0.3 is 0 Å². The summed E-state index contributed by atoms with van der Waals surface area (Å²) in [6, 6.07) is 18.0. The van der Waals surface area contributed by atoms with Crippen molar-refractivity contribution < 1.29 is 18.0 Å². The Morgan fingerprint density at radius 1 is 0.846 bits per heavy atom. The molecule has 0 aliphatic heterocycles. The summed E-state index contributed by atoms with van der Waals surface area (Å²) in [6.07, 6.45) is 0. The van der Waals surface area contributed by atoms with E-state index in [-0.39, 0.29) is 16.4 Å². The number of amides is 2. The van der Waals surface area contributed by atoms with Crippen molar-refractivity contribution in [2.75, 3.05) is 5.32 Å². The molecular weight excluding hydrogens is 352 g/mol. The summed E-state index contributed by atoms with van der Waals surface area (Å²) in [5.74, 6) is -0.966. The van der Waals surface area contributed by atoms with Gasteiger partial charge in [-0.2, -0.15) is 0 Å². The Labute approximate surface area is 150 Å². The van der Waals surface area contributed by atoms with Gasteiger partial charge in [0, 0.05) is 18.2 Å². The van der Waals surface area contributed by atoms with E-state index < -0.39 is 15.9 Å². The van der Waals surface area contributed by atoms with Crippen LogP contribution in [-0.4, -0.2) is 20.2 Å². The third-order valence-electron chi connectivity index (χ3n) is 3.72. The van der Waals surface area contributed by atoms with Crippen molar-refractivity contribution in [2.24, 2.45) is 0 Å². The average molecular weight is 368 g/mol. The fourth-order valence-corrected chi connectivity index (χ4v) is 3.47. The smallest absolute Gasteiger partial charge is 0.265 e. The van der Waals surface area contributed by atoms with Crippen LogP contribution in [0.4, 0.5) is 5.69 Å². The third-order valence-corrected chi connectivity index (χ3v) is 5.07. The van der Waals surface area contributed by atoms with Crippen LogP contribution in [0.3, 0.4) is 0 Å². The number of rotatable bonds is 4. The summed E-state index contributed by atoms with van der Waals surface area (Å²) in [5.41, 5.74) is 0.722. The highest BCUT2D eigenvalue weighted by molar-refractivity contribution is 7.90. The van der Waals surface area contributed by atoms with Gasteiger partial charge in [0.1, 0.15) is 0 Å². The zero-order chi connectivity index (χ0) is 18.7. The van der Waals surface area contributed by atoms with Crippen molar-refractivity contribution in [1.29, 1.82) is 0 Å². The number of nitrogens with one attached hydrogen (secondary N) is 2. The molecule has 3 aromatic rings. The zero-order valence-electron chi connectivity index (χ0n) is 13.9. The SMILES string of the molecule is CC(=O)Nc1ccc(S(=O)(=O)NC(=O)c2ccc3ccccc3c2)cc1. The van der Waals surface area contributed by atoms with E-state index in [2.05, 4.69) is 10.0 Å². The fourth-order valence-electron chi connectivity index (χ4n) is 2.49. The van der Waals surface area contributed by atoms with Crippen LogP contribution < -0.4 is 10.0 Å². The molecule has 0 saturated heterocycles. The first-order valence-corrected chi connectivity index (χ1v) is 9.27.